The van der Waals surface area contributed by atoms with Crippen LogP contribution >= 0.6 is 0 Å². The molecule has 28 heavy (non-hydrogen) atoms. The Balaban J connectivity index is 1.69. The molecule has 0 radical (unpaired) electrons. The number of amides is 1. The molecule has 0 saturated carbocycles. The lowest BCUT2D eigenvalue weighted by Gasteiger charge is -2.18. The molecule has 0 aliphatic carbocycles. The molecular formula is C18H16N2O7S. The largest absolute Gasteiger partial charge is 0.482 e. The lowest BCUT2D eigenvalue weighted by molar-refractivity contribution is -0.118. The summed E-state index contributed by atoms with van der Waals surface area (Å²) in [4.78, 5) is 36.0. The van der Waals surface area contributed by atoms with Gasteiger partial charge in [0.2, 0.25) is 10.0 Å². The van der Waals surface area contributed by atoms with Gasteiger partial charge in [0, 0.05) is 5.56 Å². The predicted molar refractivity (Wildman–Crippen MR) is 100 cm³/mol. The molecule has 0 unspecified atom stereocenters. The molecule has 146 valence electrons. The standard InChI is InChI=1S/C18H16N2O7S/c1-28(24,25)20-13-5-3-2-4-12(13)18(23)27-9-15(21)11-6-7-16-14(8-11)19-17(22)10-26-16/h2-8,20H,9-10H2,1H3,(H,19,22). The SMILES string of the molecule is CS(=O)(=O)Nc1ccccc1C(=O)OCC(=O)c1ccc2c(c1)NC(=O)CO2. The van der Waals surface area contributed by atoms with Crippen molar-refractivity contribution in [2.75, 3.05) is 29.5 Å². The average molecular weight is 404 g/mol. The van der Waals surface area contributed by atoms with Gasteiger partial charge in [-0.15, -0.1) is 0 Å². The number of rotatable bonds is 6. The number of anilines is 2. The second kappa shape index (κ2) is 7.69. The summed E-state index contributed by atoms with van der Waals surface area (Å²) in [5.74, 6) is -1.24. The fourth-order valence-corrected chi connectivity index (χ4v) is 3.08. The number of ketones is 1. The number of para-hydroxylation sites is 1. The third kappa shape index (κ3) is 4.65. The normalized spacial score (nSPS) is 13.0. The number of hydrogen-bond donors (Lipinski definition) is 2. The maximum Gasteiger partial charge on any atom is 0.340 e. The summed E-state index contributed by atoms with van der Waals surface area (Å²) in [6, 6.07) is 10.3. The first-order valence-electron chi connectivity index (χ1n) is 8.07. The van der Waals surface area contributed by atoms with Crippen molar-refractivity contribution in [3.05, 3.63) is 53.6 Å². The Morgan fingerprint density at radius 3 is 2.71 bits per heavy atom. The van der Waals surface area contributed by atoms with Crippen molar-refractivity contribution >= 4 is 39.1 Å². The molecule has 0 fully saturated rings. The van der Waals surface area contributed by atoms with Crippen LogP contribution in [0.25, 0.3) is 0 Å². The van der Waals surface area contributed by atoms with E-state index >= 15 is 0 Å². The minimum Gasteiger partial charge on any atom is -0.482 e. The highest BCUT2D eigenvalue weighted by molar-refractivity contribution is 7.92. The number of nitrogens with one attached hydrogen (secondary N) is 2. The van der Waals surface area contributed by atoms with Crippen molar-refractivity contribution in [1.29, 1.82) is 0 Å². The number of fused-ring (bicyclic) bond motifs is 1. The topological polar surface area (TPSA) is 128 Å². The number of hydrogen-bond acceptors (Lipinski definition) is 7. The lowest BCUT2D eigenvalue weighted by atomic mass is 10.1. The van der Waals surface area contributed by atoms with E-state index in [0.29, 0.717) is 11.4 Å². The first-order valence-corrected chi connectivity index (χ1v) is 9.96. The third-order valence-electron chi connectivity index (χ3n) is 3.71. The molecule has 10 heteroatoms. The Hall–Kier alpha value is -3.40. The predicted octanol–water partition coefficient (Wildman–Crippen LogP) is 1.43. The van der Waals surface area contributed by atoms with Gasteiger partial charge in [0.05, 0.1) is 23.2 Å². The number of ether oxygens (including phenoxy) is 2. The van der Waals surface area contributed by atoms with E-state index in [4.69, 9.17) is 9.47 Å². The molecule has 9 nitrogen and oxygen atoms in total. The van der Waals surface area contributed by atoms with E-state index in [1.807, 2.05) is 0 Å². The van der Waals surface area contributed by atoms with E-state index < -0.39 is 28.4 Å². The molecule has 0 bridgehead atoms. The molecule has 1 aliphatic rings. The Morgan fingerprint density at radius 2 is 1.96 bits per heavy atom. The summed E-state index contributed by atoms with van der Waals surface area (Å²) in [5.41, 5.74) is 0.610. The van der Waals surface area contributed by atoms with E-state index in [-0.39, 0.29) is 29.3 Å². The number of carbonyl (C=O) groups is 3. The van der Waals surface area contributed by atoms with Crippen LogP contribution in [0.1, 0.15) is 20.7 Å². The number of Topliss-reactive ketones (excluding diaryl/α,β-unsaturated/α-hetero) is 1. The number of carbonyl (C=O) groups excluding carboxylic acids is 3. The molecule has 0 spiro atoms. The van der Waals surface area contributed by atoms with Crippen molar-refractivity contribution in [2.24, 2.45) is 0 Å². The van der Waals surface area contributed by atoms with Crippen LogP contribution in [0.3, 0.4) is 0 Å². The maximum atomic E-state index is 12.3. The summed E-state index contributed by atoms with van der Waals surface area (Å²) in [6.07, 6.45) is 0.956. The minimum atomic E-state index is -3.59. The van der Waals surface area contributed by atoms with Crippen LogP contribution in [0.15, 0.2) is 42.5 Å². The molecule has 3 rings (SSSR count). The molecule has 1 heterocycles. The average Bonchev–Trinajstić information content (AvgIpc) is 2.64. The smallest absolute Gasteiger partial charge is 0.340 e. The van der Waals surface area contributed by atoms with Gasteiger partial charge in [0.1, 0.15) is 5.75 Å². The number of sulfonamides is 1. The summed E-state index contributed by atoms with van der Waals surface area (Å²) in [5, 5.41) is 2.59. The summed E-state index contributed by atoms with van der Waals surface area (Å²) < 4.78 is 35.3. The highest BCUT2D eigenvalue weighted by Crippen LogP contribution is 2.28. The quantitative estimate of drug-likeness (QED) is 0.550. The van der Waals surface area contributed by atoms with E-state index in [1.165, 1.54) is 36.4 Å². The van der Waals surface area contributed by atoms with Gasteiger partial charge < -0.3 is 14.8 Å². The van der Waals surface area contributed by atoms with Crippen LogP contribution < -0.4 is 14.8 Å². The minimum absolute atomic E-state index is 0.0215. The zero-order valence-corrected chi connectivity index (χ0v) is 15.5. The van der Waals surface area contributed by atoms with Gasteiger partial charge in [-0.1, -0.05) is 12.1 Å². The van der Waals surface area contributed by atoms with Gasteiger partial charge in [0.15, 0.2) is 19.0 Å². The lowest BCUT2D eigenvalue weighted by Crippen LogP contribution is -2.25. The summed E-state index contributed by atoms with van der Waals surface area (Å²) >= 11 is 0. The van der Waals surface area contributed by atoms with Gasteiger partial charge in [0.25, 0.3) is 5.91 Å². The van der Waals surface area contributed by atoms with Gasteiger partial charge >= 0.3 is 5.97 Å². The molecule has 2 aromatic carbocycles. The van der Waals surface area contributed by atoms with Crippen molar-refractivity contribution in [3.63, 3.8) is 0 Å². The van der Waals surface area contributed by atoms with E-state index in [9.17, 15) is 22.8 Å². The second-order valence-electron chi connectivity index (χ2n) is 5.97. The molecule has 1 amide bonds. The van der Waals surface area contributed by atoms with Crippen LogP contribution in [-0.4, -0.2) is 45.5 Å². The van der Waals surface area contributed by atoms with E-state index in [2.05, 4.69) is 10.0 Å². The molecule has 1 aliphatic heterocycles. The number of benzene rings is 2. The number of esters is 1. The maximum absolute atomic E-state index is 12.3. The van der Waals surface area contributed by atoms with Crippen molar-refractivity contribution in [2.45, 2.75) is 0 Å². The highest BCUT2D eigenvalue weighted by atomic mass is 32.2. The molecule has 0 atom stereocenters. The molecule has 2 aromatic rings. The molecule has 0 aromatic heterocycles. The summed E-state index contributed by atoms with van der Waals surface area (Å²) in [6.45, 7) is -0.654. The fourth-order valence-electron chi connectivity index (χ4n) is 2.50. The van der Waals surface area contributed by atoms with Crippen LogP contribution in [-0.2, 0) is 19.6 Å². The first kappa shape index (κ1) is 19.4. The first-order chi connectivity index (χ1) is 13.2. The van der Waals surface area contributed by atoms with Crippen molar-refractivity contribution in [3.8, 4) is 5.75 Å². The second-order valence-corrected chi connectivity index (χ2v) is 7.72. The van der Waals surface area contributed by atoms with E-state index in [0.717, 1.165) is 6.26 Å². The zero-order valence-electron chi connectivity index (χ0n) is 14.7. The zero-order chi connectivity index (χ0) is 20.3. The van der Waals surface area contributed by atoms with Gasteiger partial charge in [-0.25, -0.2) is 13.2 Å². The van der Waals surface area contributed by atoms with Gasteiger partial charge in [-0.3, -0.25) is 14.3 Å². The van der Waals surface area contributed by atoms with Gasteiger partial charge in [-0.2, -0.15) is 0 Å². The summed E-state index contributed by atoms with van der Waals surface area (Å²) in [7, 11) is -3.59. The fraction of sp³-hybridized carbons (Fsp3) is 0.167. The van der Waals surface area contributed by atoms with Crippen LogP contribution in [0, 0.1) is 0 Å². The monoisotopic (exact) mass is 404 g/mol. The Kier molecular flexibility index (Phi) is 5.32. The van der Waals surface area contributed by atoms with E-state index in [1.54, 1.807) is 6.07 Å². The van der Waals surface area contributed by atoms with Crippen molar-refractivity contribution < 1.29 is 32.3 Å². The van der Waals surface area contributed by atoms with Gasteiger partial charge in [-0.05, 0) is 30.3 Å². The van der Waals surface area contributed by atoms with Crippen LogP contribution in [0.2, 0.25) is 0 Å². The Morgan fingerprint density at radius 1 is 1.21 bits per heavy atom. The van der Waals surface area contributed by atoms with Crippen molar-refractivity contribution in [1.82, 2.24) is 0 Å². The molecular weight excluding hydrogens is 388 g/mol. The third-order valence-corrected chi connectivity index (χ3v) is 4.30. The molecule has 2 N–H and O–H groups in total. The highest BCUT2D eigenvalue weighted by Gasteiger charge is 2.20. The Bertz CT molecular complexity index is 1060. The van der Waals surface area contributed by atoms with Crippen LogP contribution in [0.4, 0.5) is 11.4 Å². The molecule has 0 saturated heterocycles. The Labute approximate surface area is 160 Å². The van der Waals surface area contributed by atoms with Crippen LogP contribution in [0.5, 0.6) is 5.75 Å².